The molecule has 0 saturated carbocycles. The fourth-order valence-electron chi connectivity index (χ4n) is 8.12. The van der Waals surface area contributed by atoms with Gasteiger partial charge in [0.25, 0.3) is 0 Å². The number of aromatic nitrogens is 4. The van der Waals surface area contributed by atoms with E-state index in [0.29, 0.717) is 17.5 Å². The molecule has 0 spiro atoms. The Hall–Kier alpha value is -7.17. The quantitative estimate of drug-likeness (QED) is 0.175. The summed E-state index contributed by atoms with van der Waals surface area (Å²) in [6.07, 6.45) is 0. The van der Waals surface area contributed by atoms with Gasteiger partial charge in [0.1, 0.15) is 0 Å². The van der Waals surface area contributed by atoms with Crippen LogP contribution in [0.5, 0.6) is 0 Å². The molecular formula is C49H30N4. The maximum absolute atomic E-state index is 5.19. The molecule has 0 fully saturated rings. The molecular weight excluding hydrogens is 645 g/mol. The summed E-state index contributed by atoms with van der Waals surface area (Å²) in [6.45, 7) is 0. The molecule has 246 valence electrons. The van der Waals surface area contributed by atoms with Gasteiger partial charge >= 0.3 is 0 Å². The second kappa shape index (κ2) is 11.7. The molecule has 0 radical (unpaired) electrons. The van der Waals surface area contributed by atoms with Gasteiger partial charge in [-0.25, -0.2) is 15.0 Å². The van der Waals surface area contributed by atoms with Crippen LogP contribution >= 0.6 is 0 Å². The van der Waals surface area contributed by atoms with Crippen LogP contribution in [0.3, 0.4) is 0 Å². The third-order valence-electron chi connectivity index (χ3n) is 10.6. The average Bonchev–Trinajstić information content (AvgIpc) is 3.57. The van der Waals surface area contributed by atoms with E-state index in [1.165, 1.54) is 48.7 Å². The van der Waals surface area contributed by atoms with E-state index in [9.17, 15) is 0 Å². The Bertz CT molecular complexity index is 3180. The first-order chi connectivity index (χ1) is 26.3. The van der Waals surface area contributed by atoms with Crippen LogP contribution in [-0.4, -0.2) is 19.5 Å². The lowest BCUT2D eigenvalue weighted by Gasteiger charge is -2.13. The van der Waals surface area contributed by atoms with Crippen molar-refractivity contribution in [3.05, 3.63) is 182 Å². The third kappa shape index (κ3) is 4.73. The minimum Gasteiger partial charge on any atom is -0.309 e. The molecule has 0 aliphatic heterocycles. The Kier molecular flexibility index (Phi) is 6.52. The molecule has 2 heterocycles. The smallest absolute Gasteiger partial charge is 0.164 e. The molecule has 11 aromatic rings. The third-order valence-corrected chi connectivity index (χ3v) is 10.6. The fraction of sp³-hybridized carbons (Fsp3) is 0. The van der Waals surface area contributed by atoms with Crippen LogP contribution in [0.1, 0.15) is 0 Å². The van der Waals surface area contributed by atoms with Crippen LogP contribution in [-0.2, 0) is 0 Å². The number of fused-ring (bicyclic) bond motifs is 9. The Balaban J connectivity index is 1.08. The molecule has 0 aliphatic rings. The van der Waals surface area contributed by atoms with E-state index in [2.05, 4.69) is 168 Å². The Morgan fingerprint density at radius 2 is 0.849 bits per heavy atom. The summed E-state index contributed by atoms with van der Waals surface area (Å²) in [4.78, 5) is 15.4. The van der Waals surface area contributed by atoms with Crippen molar-refractivity contribution in [3.63, 3.8) is 0 Å². The van der Waals surface area contributed by atoms with Gasteiger partial charge in [-0.1, -0.05) is 152 Å². The minimum atomic E-state index is 0.647. The summed E-state index contributed by atoms with van der Waals surface area (Å²) < 4.78 is 2.36. The monoisotopic (exact) mass is 674 g/mol. The van der Waals surface area contributed by atoms with Crippen LogP contribution in [0.15, 0.2) is 182 Å². The lowest BCUT2D eigenvalue weighted by Crippen LogP contribution is -2.01. The van der Waals surface area contributed by atoms with Crippen LogP contribution in [0, 0.1) is 0 Å². The lowest BCUT2D eigenvalue weighted by molar-refractivity contribution is 1.08. The highest BCUT2D eigenvalue weighted by Crippen LogP contribution is 2.37. The molecule has 4 heteroatoms. The highest BCUT2D eigenvalue weighted by atomic mass is 15.0. The lowest BCUT2D eigenvalue weighted by atomic mass is 9.96. The summed E-state index contributed by atoms with van der Waals surface area (Å²) in [5.74, 6) is 1.94. The first-order valence-electron chi connectivity index (χ1n) is 17.9. The first kappa shape index (κ1) is 29.5. The van der Waals surface area contributed by atoms with Gasteiger partial charge < -0.3 is 4.57 Å². The van der Waals surface area contributed by atoms with E-state index in [4.69, 9.17) is 15.0 Å². The predicted molar refractivity (Wildman–Crippen MR) is 220 cm³/mol. The molecule has 0 atom stereocenters. The highest BCUT2D eigenvalue weighted by molar-refractivity contribution is 6.17. The molecule has 0 amide bonds. The Labute approximate surface area is 305 Å². The second-order valence-corrected chi connectivity index (χ2v) is 13.6. The predicted octanol–water partition coefficient (Wildman–Crippen LogP) is 12.6. The largest absolute Gasteiger partial charge is 0.309 e. The van der Waals surface area contributed by atoms with Gasteiger partial charge in [-0.05, 0) is 73.4 Å². The van der Waals surface area contributed by atoms with E-state index in [1.54, 1.807) is 0 Å². The number of rotatable bonds is 4. The van der Waals surface area contributed by atoms with E-state index in [-0.39, 0.29) is 0 Å². The van der Waals surface area contributed by atoms with Gasteiger partial charge in [-0.2, -0.15) is 0 Å². The van der Waals surface area contributed by atoms with E-state index in [0.717, 1.165) is 38.5 Å². The van der Waals surface area contributed by atoms with Crippen LogP contribution in [0.25, 0.3) is 105 Å². The summed E-state index contributed by atoms with van der Waals surface area (Å²) in [5.41, 5.74) is 6.37. The molecule has 0 N–H and O–H groups in total. The molecule has 0 unspecified atom stereocenters. The van der Waals surface area contributed by atoms with Crippen LogP contribution in [0.2, 0.25) is 0 Å². The van der Waals surface area contributed by atoms with E-state index < -0.39 is 0 Å². The van der Waals surface area contributed by atoms with Crippen molar-refractivity contribution in [1.29, 1.82) is 0 Å². The molecule has 2 aromatic heterocycles. The van der Waals surface area contributed by atoms with Gasteiger partial charge in [0.2, 0.25) is 0 Å². The summed E-state index contributed by atoms with van der Waals surface area (Å²) in [5, 5.41) is 12.1. The summed E-state index contributed by atoms with van der Waals surface area (Å²) >= 11 is 0. The minimum absolute atomic E-state index is 0.647. The molecule has 11 rings (SSSR count). The zero-order chi connectivity index (χ0) is 34.9. The van der Waals surface area contributed by atoms with Gasteiger partial charge in [0.15, 0.2) is 17.5 Å². The fourth-order valence-corrected chi connectivity index (χ4v) is 8.12. The number of hydrogen-bond donors (Lipinski definition) is 0. The summed E-state index contributed by atoms with van der Waals surface area (Å²) in [7, 11) is 0. The van der Waals surface area contributed by atoms with Crippen molar-refractivity contribution in [1.82, 2.24) is 19.5 Å². The van der Waals surface area contributed by atoms with Crippen molar-refractivity contribution >= 4 is 64.9 Å². The van der Waals surface area contributed by atoms with Crippen LogP contribution < -0.4 is 0 Å². The molecule has 4 nitrogen and oxygen atoms in total. The van der Waals surface area contributed by atoms with Crippen molar-refractivity contribution in [2.24, 2.45) is 0 Å². The summed E-state index contributed by atoms with van der Waals surface area (Å²) in [6, 6.07) is 64.6. The number of nitrogens with zero attached hydrogens (tertiary/aromatic N) is 4. The second-order valence-electron chi connectivity index (χ2n) is 13.6. The van der Waals surface area contributed by atoms with Crippen molar-refractivity contribution in [2.75, 3.05) is 0 Å². The van der Waals surface area contributed by atoms with Crippen molar-refractivity contribution in [2.45, 2.75) is 0 Å². The molecule has 0 aliphatic carbocycles. The van der Waals surface area contributed by atoms with Crippen molar-refractivity contribution < 1.29 is 0 Å². The Morgan fingerprint density at radius 1 is 0.302 bits per heavy atom. The Morgan fingerprint density at radius 3 is 1.62 bits per heavy atom. The molecule has 9 aromatic carbocycles. The van der Waals surface area contributed by atoms with Crippen LogP contribution in [0.4, 0.5) is 0 Å². The topological polar surface area (TPSA) is 43.6 Å². The zero-order valence-electron chi connectivity index (χ0n) is 28.6. The number of para-hydroxylation sites is 2. The standard InChI is InChI=1S/C49H30N4/c1-2-12-32(13-3-1)47-50-48(35-23-25-38-34(29-35)22-27-40-37-15-5-4-11-31(37)21-26-41(38)40)52-49(51-47)44-18-10-14-33-30-36(24-28-39(33)44)53-45-19-8-6-16-42(45)43-17-7-9-20-46(43)53/h1-30H. The molecule has 0 bridgehead atoms. The van der Waals surface area contributed by atoms with Gasteiger partial charge in [-0.3, -0.25) is 0 Å². The molecule has 0 saturated heterocycles. The maximum atomic E-state index is 5.19. The maximum Gasteiger partial charge on any atom is 0.164 e. The number of benzene rings is 9. The van der Waals surface area contributed by atoms with E-state index in [1.807, 2.05) is 18.2 Å². The SMILES string of the molecule is c1ccc(-c2nc(-c3ccc4c(ccc5c6ccccc6ccc45)c3)nc(-c3cccc4cc(-n5c6ccccc6c6ccccc65)ccc34)n2)cc1. The first-order valence-corrected chi connectivity index (χ1v) is 17.9. The van der Waals surface area contributed by atoms with E-state index >= 15 is 0 Å². The van der Waals surface area contributed by atoms with Crippen molar-refractivity contribution in [3.8, 4) is 39.9 Å². The zero-order valence-corrected chi connectivity index (χ0v) is 28.6. The average molecular weight is 675 g/mol. The molecule has 53 heavy (non-hydrogen) atoms. The van der Waals surface area contributed by atoms with Gasteiger partial charge in [-0.15, -0.1) is 0 Å². The van der Waals surface area contributed by atoms with Gasteiger partial charge in [0, 0.05) is 33.2 Å². The van der Waals surface area contributed by atoms with Gasteiger partial charge in [0.05, 0.1) is 11.0 Å². The highest BCUT2D eigenvalue weighted by Gasteiger charge is 2.17. The normalized spacial score (nSPS) is 11.8. The number of hydrogen-bond acceptors (Lipinski definition) is 3.